The van der Waals surface area contributed by atoms with Crippen molar-refractivity contribution in [2.24, 2.45) is 7.05 Å². The summed E-state index contributed by atoms with van der Waals surface area (Å²) in [6.45, 7) is 5.47. The van der Waals surface area contributed by atoms with Crippen molar-refractivity contribution in [1.29, 1.82) is 0 Å². The van der Waals surface area contributed by atoms with Crippen LogP contribution in [0.5, 0.6) is 0 Å². The second-order valence-electron chi connectivity index (χ2n) is 6.93. The number of hydrogen-bond donors (Lipinski definition) is 0. The average molecular weight is 380 g/mol. The van der Waals surface area contributed by atoms with Crippen molar-refractivity contribution in [2.45, 2.75) is 26.8 Å². The SMILES string of the molecule is COC(=O)CN(C(=O)c1cc(-c2ccccc2)nc2c1c(C)nn2C)C(C)C. The van der Waals surface area contributed by atoms with E-state index in [4.69, 9.17) is 9.72 Å². The topological polar surface area (TPSA) is 77.3 Å². The molecular formula is C21H24N4O3. The molecule has 2 aromatic heterocycles. The van der Waals surface area contributed by atoms with Crippen LogP contribution in [0.4, 0.5) is 0 Å². The fourth-order valence-electron chi connectivity index (χ4n) is 3.22. The highest BCUT2D eigenvalue weighted by Gasteiger charge is 2.26. The lowest BCUT2D eigenvalue weighted by molar-refractivity contribution is -0.141. The molecule has 0 aliphatic carbocycles. The number of aryl methyl sites for hydroxylation is 2. The van der Waals surface area contributed by atoms with Crippen LogP contribution in [0.25, 0.3) is 22.3 Å². The quantitative estimate of drug-likeness (QED) is 0.636. The Hall–Kier alpha value is -3.22. The lowest BCUT2D eigenvalue weighted by atomic mass is 10.0. The van der Waals surface area contributed by atoms with Crippen molar-refractivity contribution in [3.05, 3.63) is 47.7 Å². The number of fused-ring (bicyclic) bond motifs is 1. The highest BCUT2D eigenvalue weighted by atomic mass is 16.5. The summed E-state index contributed by atoms with van der Waals surface area (Å²) in [6.07, 6.45) is 0. The molecule has 7 nitrogen and oxygen atoms in total. The second kappa shape index (κ2) is 7.80. The number of nitrogens with zero attached hydrogens (tertiary/aromatic N) is 4. The minimum Gasteiger partial charge on any atom is -0.468 e. The minimum atomic E-state index is -0.460. The zero-order valence-electron chi connectivity index (χ0n) is 16.8. The first kappa shape index (κ1) is 19.5. The van der Waals surface area contributed by atoms with Crippen LogP contribution in [-0.4, -0.2) is 51.2 Å². The standard InChI is InChI=1S/C21H24N4O3/c1-13(2)25(12-18(26)28-5)21(27)16-11-17(15-9-7-6-8-10-15)22-20-19(16)14(3)23-24(20)4/h6-11,13H,12H2,1-5H3. The Morgan fingerprint density at radius 2 is 1.89 bits per heavy atom. The first-order chi connectivity index (χ1) is 13.3. The van der Waals surface area contributed by atoms with Gasteiger partial charge in [-0.05, 0) is 26.8 Å². The Balaban J connectivity index is 2.20. The summed E-state index contributed by atoms with van der Waals surface area (Å²) in [5, 5.41) is 5.14. The number of hydrogen-bond acceptors (Lipinski definition) is 5. The molecule has 0 aliphatic rings. The summed E-state index contributed by atoms with van der Waals surface area (Å²) in [7, 11) is 3.12. The van der Waals surface area contributed by atoms with Gasteiger partial charge in [0.1, 0.15) is 6.54 Å². The van der Waals surface area contributed by atoms with Crippen molar-refractivity contribution in [2.75, 3.05) is 13.7 Å². The Bertz CT molecular complexity index is 1030. The van der Waals surface area contributed by atoms with Crippen LogP contribution < -0.4 is 0 Å². The first-order valence-corrected chi connectivity index (χ1v) is 9.11. The third-order valence-electron chi connectivity index (χ3n) is 4.68. The number of aromatic nitrogens is 3. The molecule has 0 saturated carbocycles. The highest BCUT2D eigenvalue weighted by Crippen LogP contribution is 2.28. The lowest BCUT2D eigenvalue weighted by Gasteiger charge is -2.26. The number of carbonyl (C=O) groups excluding carboxylic acids is 2. The number of carbonyl (C=O) groups is 2. The highest BCUT2D eigenvalue weighted by molar-refractivity contribution is 6.08. The number of methoxy groups -OCH3 is 1. The van der Waals surface area contributed by atoms with Gasteiger partial charge in [-0.2, -0.15) is 5.10 Å². The predicted octanol–water partition coefficient (Wildman–Crippen LogP) is 2.97. The van der Waals surface area contributed by atoms with Crippen LogP contribution in [0, 0.1) is 6.92 Å². The molecule has 146 valence electrons. The van der Waals surface area contributed by atoms with E-state index in [1.807, 2.05) is 51.1 Å². The molecule has 0 N–H and O–H groups in total. The van der Waals surface area contributed by atoms with Gasteiger partial charge in [0.05, 0.1) is 29.4 Å². The molecule has 3 aromatic rings. The first-order valence-electron chi connectivity index (χ1n) is 9.11. The largest absolute Gasteiger partial charge is 0.468 e. The molecule has 0 atom stereocenters. The molecule has 0 saturated heterocycles. The van der Waals surface area contributed by atoms with Gasteiger partial charge in [0.25, 0.3) is 5.91 Å². The average Bonchev–Trinajstić information content (AvgIpc) is 2.99. The summed E-state index contributed by atoms with van der Waals surface area (Å²) in [5.41, 5.74) is 3.41. The van der Waals surface area contributed by atoms with Gasteiger partial charge in [0, 0.05) is 18.7 Å². The zero-order chi connectivity index (χ0) is 20.4. The van der Waals surface area contributed by atoms with E-state index < -0.39 is 5.97 Å². The number of rotatable bonds is 5. The van der Waals surface area contributed by atoms with Gasteiger partial charge >= 0.3 is 5.97 Å². The van der Waals surface area contributed by atoms with Gasteiger partial charge in [0.2, 0.25) is 0 Å². The Kier molecular flexibility index (Phi) is 5.44. The van der Waals surface area contributed by atoms with Crippen molar-refractivity contribution >= 4 is 22.9 Å². The smallest absolute Gasteiger partial charge is 0.325 e. The number of pyridine rings is 1. The number of amides is 1. The second-order valence-corrected chi connectivity index (χ2v) is 6.93. The third kappa shape index (κ3) is 3.60. The molecule has 0 unspecified atom stereocenters. The van der Waals surface area contributed by atoms with E-state index in [2.05, 4.69) is 5.10 Å². The molecule has 7 heteroatoms. The fourth-order valence-corrected chi connectivity index (χ4v) is 3.22. The van der Waals surface area contributed by atoms with E-state index in [1.54, 1.807) is 17.8 Å². The van der Waals surface area contributed by atoms with E-state index in [0.717, 1.165) is 11.3 Å². The van der Waals surface area contributed by atoms with E-state index >= 15 is 0 Å². The van der Waals surface area contributed by atoms with Gasteiger partial charge in [-0.1, -0.05) is 30.3 Å². The van der Waals surface area contributed by atoms with Crippen molar-refractivity contribution < 1.29 is 14.3 Å². The molecular weight excluding hydrogens is 356 g/mol. The van der Waals surface area contributed by atoms with Crippen LogP contribution in [0.3, 0.4) is 0 Å². The van der Waals surface area contributed by atoms with E-state index in [1.165, 1.54) is 12.0 Å². The molecule has 0 fully saturated rings. The van der Waals surface area contributed by atoms with Crippen LogP contribution in [0.1, 0.15) is 29.9 Å². The zero-order valence-corrected chi connectivity index (χ0v) is 16.8. The maximum atomic E-state index is 13.5. The fraction of sp³-hybridized carbons (Fsp3) is 0.333. The lowest BCUT2D eigenvalue weighted by Crippen LogP contribution is -2.41. The Morgan fingerprint density at radius 1 is 1.21 bits per heavy atom. The molecule has 28 heavy (non-hydrogen) atoms. The third-order valence-corrected chi connectivity index (χ3v) is 4.68. The molecule has 0 bridgehead atoms. The van der Waals surface area contributed by atoms with Crippen LogP contribution in [0.2, 0.25) is 0 Å². The predicted molar refractivity (Wildman–Crippen MR) is 107 cm³/mol. The van der Waals surface area contributed by atoms with Gasteiger partial charge in [-0.25, -0.2) is 4.98 Å². The molecule has 1 amide bonds. The number of ether oxygens (including phenoxy) is 1. The van der Waals surface area contributed by atoms with Crippen molar-refractivity contribution in [3.63, 3.8) is 0 Å². The maximum absolute atomic E-state index is 13.5. The van der Waals surface area contributed by atoms with Gasteiger partial charge in [-0.15, -0.1) is 0 Å². The summed E-state index contributed by atoms with van der Waals surface area (Å²) in [4.78, 5) is 31.5. The summed E-state index contributed by atoms with van der Waals surface area (Å²) in [6, 6.07) is 11.3. The Labute approximate surface area is 163 Å². The van der Waals surface area contributed by atoms with E-state index in [-0.39, 0.29) is 18.5 Å². The summed E-state index contributed by atoms with van der Waals surface area (Å²) >= 11 is 0. The summed E-state index contributed by atoms with van der Waals surface area (Å²) in [5.74, 6) is -0.709. The van der Waals surface area contributed by atoms with Gasteiger partial charge < -0.3 is 9.64 Å². The van der Waals surface area contributed by atoms with E-state index in [9.17, 15) is 9.59 Å². The number of esters is 1. The van der Waals surface area contributed by atoms with Crippen LogP contribution in [-0.2, 0) is 16.6 Å². The maximum Gasteiger partial charge on any atom is 0.325 e. The van der Waals surface area contributed by atoms with Crippen LogP contribution in [0.15, 0.2) is 36.4 Å². The molecule has 0 spiro atoms. The monoisotopic (exact) mass is 380 g/mol. The normalized spacial score (nSPS) is 11.1. The van der Waals surface area contributed by atoms with Crippen LogP contribution >= 0.6 is 0 Å². The molecule has 2 heterocycles. The Morgan fingerprint density at radius 3 is 2.50 bits per heavy atom. The molecule has 1 aromatic carbocycles. The van der Waals surface area contributed by atoms with Gasteiger partial charge in [0.15, 0.2) is 5.65 Å². The van der Waals surface area contributed by atoms with E-state index in [0.29, 0.717) is 22.3 Å². The molecule has 0 radical (unpaired) electrons. The minimum absolute atomic E-state index is 0.114. The number of benzene rings is 1. The molecule has 0 aliphatic heterocycles. The summed E-state index contributed by atoms with van der Waals surface area (Å²) < 4.78 is 6.44. The van der Waals surface area contributed by atoms with Crippen molar-refractivity contribution in [1.82, 2.24) is 19.7 Å². The van der Waals surface area contributed by atoms with Crippen molar-refractivity contribution in [3.8, 4) is 11.3 Å². The van der Waals surface area contributed by atoms with Gasteiger partial charge in [-0.3, -0.25) is 14.3 Å². The molecule has 3 rings (SSSR count).